The molecule has 22 heavy (non-hydrogen) atoms. The second kappa shape index (κ2) is 10.3. The maximum atomic E-state index is 4.69. The molecule has 0 aromatic carbocycles. The van der Waals surface area contributed by atoms with Crippen molar-refractivity contribution in [2.45, 2.75) is 33.6 Å². The third kappa shape index (κ3) is 6.58. The van der Waals surface area contributed by atoms with Crippen LogP contribution in [0.25, 0.3) is 0 Å². The number of allylic oxidation sites excluding steroid dienone is 2. The van der Waals surface area contributed by atoms with Crippen LogP contribution in [0.15, 0.2) is 38.8 Å². The SMILES string of the molecule is C=NN(C)/C(C)=C1\CSC(CCNCCC(C)=N/C=C\C)=N1. The first-order valence-corrected chi connectivity index (χ1v) is 8.52. The normalized spacial score (nSPS) is 17.8. The molecular formula is C16H27N5S. The van der Waals surface area contributed by atoms with Crippen LogP contribution in [0.5, 0.6) is 0 Å². The van der Waals surface area contributed by atoms with Crippen LogP contribution in [0.3, 0.4) is 0 Å². The number of thioether (sulfide) groups is 1. The van der Waals surface area contributed by atoms with Crippen LogP contribution in [0.4, 0.5) is 0 Å². The fourth-order valence-corrected chi connectivity index (χ4v) is 2.83. The lowest BCUT2D eigenvalue weighted by Gasteiger charge is -2.13. The summed E-state index contributed by atoms with van der Waals surface area (Å²) in [6.07, 6.45) is 5.73. The summed E-state index contributed by atoms with van der Waals surface area (Å²) in [4.78, 5) is 9.00. The third-order valence-electron chi connectivity index (χ3n) is 3.37. The summed E-state index contributed by atoms with van der Waals surface area (Å²) < 4.78 is 0. The van der Waals surface area contributed by atoms with E-state index in [9.17, 15) is 0 Å². The average molecular weight is 321 g/mol. The maximum absolute atomic E-state index is 4.69. The second-order valence-electron chi connectivity index (χ2n) is 5.09. The van der Waals surface area contributed by atoms with Crippen molar-refractivity contribution in [1.29, 1.82) is 0 Å². The Bertz CT molecular complexity index is 491. The van der Waals surface area contributed by atoms with Crippen LogP contribution in [0.1, 0.15) is 33.6 Å². The van der Waals surface area contributed by atoms with Gasteiger partial charge in [-0.05, 0) is 27.2 Å². The smallest absolute Gasteiger partial charge is 0.0752 e. The Morgan fingerprint density at radius 2 is 2.23 bits per heavy atom. The van der Waals surface area contributed by atoms with E-state index >= 15 is 0 Å². The van der Waals surface area contributed by atoms with Crippen molar-refractivity contribution in [2.24, 2.45) is 15.1 Å². The Kier molecular flexibility index (Phi) is 8.77. The number of nitrogens with one attached hydrogen (secondary N) is 1. The monoisotopic (exact) mass is 321 g/mol. The molecule has 122 valence electrons. The Morgan fingerprint density at radius 1 is 1.45 bits per heavy atom. The van der Waals surface area contributed by atoms with Crippen LogP contribution in [0.2, 0.25) is 0 Å². The van der Waals surface area contributed by atoms with Gasteiger partial charge in [0.15, 0.2) is 0 Å². The summed E-state index contributed by atoms with van der Waals surface area (Å²) in [5, 5.41) is 10.3. The molecule has 0 aromatic heterocycles. The first kappa shape index (κ1) is 18.6. The van der Waals surface area contributed by atoms with Crippen molar-refractivity contribution >= 4 is 29.2 Å². The van der Waals surface area contributed by atoms with Gasteiger partial charge >= 0.3 is 0 Å². The van der Waals surface area contributed by atoms with Gasteiger partial charge in [0.05, 0.1) is 16.4 Å². The first-order valence-electron chi connectivity index (χ1n) is 7.54. The first-order chi connectivity index (χ1) is 10.6. The molecule has 0 radical (unpaired) electrons. The van der Waals surface area contributed by atoms with Crippen LogP contribution < -0.4 is 5.32 Å². The fourth-order valence-electron chi connectivity index (χ4n) is 1.83. The zero-order valence-electron chi connectivity index (χ0n) is 14.1. The average Bonchev–Trinajstić information content (AvgIpc) is 2.99. The fraction of sp³-hybridized carbons (Fsp3) is 0.562. The quantitative estimate of drug-likeness (QED) is 0.403. The number of hydrogen-bond donors (Lipinski definition) is 1. The Hall–Kier alpha value is -1.40. The summed E-state index contributed by atoms with van der Waals surface area (Å²) in [5.74, 6) is 0.927. The van der Waals surface area contributed by atoms with E-state index < -0.39 is 0 Å². The number of hydrogen-bond acceptors (Lipinski definition) is 6. The van der Waals surface area contributed by atoms with E-state index in [0.717, 1.165) is 48.8 Å². The molecule has 0 saturated heterocycles. The minimum absolute atomic E-state index is 0.927. The molecule has 0 saturated carbocycles. The highest BCUT2D eigenvalue weighted by Crippen LogP contribution is 2.26. The van der Waals surface area contributed by atoms with Gasteiger partial charge in [-0.3, -0.25) is 10.0 Å². The molecule has 0 spiro atoms. The molecular weight excluding hydrogens is 294 g/mol. The molecule has 0 atom stereocenters. The molecule has 0 bridgehead atoms. The molecule has 1 N–H and O–H groups in total. The third-order valence-corrected chi connectivity index (χ3v) is 4.42. The zero-order chi connectivity index (χ0) is 16.4. The molecule has 0 aromatic rings. The Balaban J connectivity index is 2.31. The maximum Gasteiger partial charge on any atom is 0.0752 e. The van der Waals surface area contributed by atoms with Gasteiger partial charge in [0, 0.05) is 50.9 Å². The van der Waals surface area contributed by atoms with Gasteiger partial charge in [0.2, 0.25) is 0 Å². The van der Waals surface area contributed by atoms with E-state index in [4.69, 9.17) is 0 Å². The van der Waals surface area contributed by atoms with E-state index in [-0.39, 0.29) is 0 Å². The van der Waals surface area contributed by atoms with Gasteiger partial charge in [0.25, 0.3) is 0 Å². The number of rotatable bonds is 9. The van der Waals surface area contributed by atoms with Crippen LogP contribution in [-0.4, -0.2) is 48.4 Å². The van der Waals surface area contributed by atoms with E-state index in [2.05, 4.69) is 34.0 Å². The van der Waals surface area contributed by atoms with Crippen LogP contribution >= 0.6 is 11.8 Å². The lowest BCUT2D eigenvalue weighted by atomic mass is 10.3. The molecule has 6 heteroatoms. The minimum atomic E-state index is 0.927. The number of nitrogens with zero attached hydrogens (tertiary/aromatic N) is 4. The lowest BCUT2D eigenvalue weighted by molar-refractivity contribution is 0.446. The second-order valence-corrected chi connectivity index (χ2v) is 6.14. The van der Waals surface area contributed by atoms with Crippen LogP contribution in [-0.2, 0) is 0 Å². The predicted octanol–water partition coefficient (Wildman–Crippen LogP) is 3.27. The van der Waals surface area contributed by atoms with E-state index in [1.54, 1.807) is 5.01 Å². The van der Waals surface area contributed by atoms with E-state index in [1.807, 2.05) is 44.9 Å². The highest BCUT2D eigenvalue weighted by atomic mass is 32.2. The highest BCUT2D eigenvalue weighted by Gasteiger charge is 2.15. The van der Waals surface area contributed by atoms with Gasteiger partial charge in [0.1, 0.15) is 0 Å². The standard InChI is InChI=1S/C16H27N5S/c1-6-9-19-13(2)7-10-18-11-8-16-20-15(12-22-16)14(3)21(5)17-4/h6,9,18H,4,7-8,10-12H2,1-3,5H3/b9-6-,15-14+,19-13?. The van der Waals surface area contributed by atoms with Crippen molar-refractivity contribution in [3.63, 3.8) is 0 Å². The van der Waals surface area contributed by atoms with Gasteiger partial charge in [-0.15, -0.1) is 11.8 Å². The molecule has 1 heterocycles. The summed E-state index contributed by atoms with van der Waals surface area (Å²) in [5.41, 5.74) is 3.32. The molecule has 1 aliphatic rings. The molecule has 0 aliphatic carbocycles. The van der Waals surface area contributed by atoms with E-state index in [1.165, 1.54) is 5.04 Å². The lowest BCUT2D eigenvalue weighted by Crippen LogP contribution is -2.20. The Labute approximate surface area is 138 Å². The molecule has 0 amide bonds. The summed E-state index contributed by atoms with van der Waals surface area (Å²) in [6, 6.07) is 0. The topological polar surface area (TPSA) is 52.3 Å². The van der Waals surface area contributed by atoms with Gasteiger partial charge in [-0.1, -0.05) is 6.08 Å². The predicted molar refractivity (Wildman–Crippen MR) is 99.9 cm³/mol. The Morgan fingerprint density at radius 3 is 2.91 bits per heavy atom. The van der Waals surface area contributed by atoms with Gasteiger partial charge < -0.3 is 5.32 Å². The van der Waals surface area contributed by atoms with Crippen molar-refractivity contribution in [3.05, 3.63) is 23.7 Å². The van der Waals surface area contributed by atoms with Gasteiger partial charge in [-0.25, -0.2) is 4.99 Å². The molecule has 0 unspecified atom stereocenters. The minimum Gasteiger partial charge on any atom is -0.316 e. The van der Waals surface area contributed by atoms with Crippen molar-refractivity contribution in [2.75, 3.05) is 25.9 Å². The van der Waals surface area contributed by atoms with Crippen molar-refractivity contribution < 1.29 is 0 Å². The molecule has 0 fully saturated rings. The van der Waals surface area contributed by atoms with Crippen LogP contribution in [0, 0.1) is 0 Å². The molecule has 1 rings (SSSR count). The summed E-state index contributed by atoms with van der Waals surface area (Å²) in [6.45, 7) is 11.5. The summed E-state index contributed by atoms with van der Waals surface area (Å²) >= 11 is 1.81. The molecule has 1 aliphatic heterocycles. The number of aliphatic imine (C=N–C) groups is 2. The summed E-state index contributed by atoms with van der Waals surface area (Å²) in [7, 11) is 1.90. The van der Waals surface area contributed by atoms with Crippen molar-refractivity contribution in [1.82, 2.24) is 10.3 Å². The highest BCUT2D eigenvalue weighted by molar-refractivity contribution is 8.14. The largest absolute Gasteiger partial charge is 0.316 e. The van der Waals surface area contributed by atoms with E-state index in [0.29, 0.717) is 0 Å². The zero-order valence-corrected chi connectivity index (χ0v) is 14.9. The van der Waals surface area contributed by atoms with Crippen molar-refractivity contribution in [3.8, 4) is 0 Å². The van der Waals surface area contributed by atoms with Gasteiger partial charge in [-0.2, -0.15) is 5.10 Å². The molecule has 5 nitrogen and oxygen atoms in total. The number of hydrazone groups is 1.